The van der Waals surface area contributed by atoms with E-state index in [1.807, 2.05) is 44.6 Å². The Bertz CT molecular complexity index is 282. The van der Waals surface area contributed by atoms with E-state index in [-0.39, 0.29) is 0 Å². The van der Waals surface area contributed by atoms with E-state index < -0.39 is 0 Å². The van der Waals surface area contributed by atoms with Crippen LogP contribution in [0, 0.1) is 0 Å². The van der Waals surface area contributed by atoms with Crippen molar-refractivity contribution < 1.29 is 0 Å². The first-order valence-electron chi connectivity index (χ1n) is 3.66. The predicted octanol–water partition coefficient (Wildman–Crippen LogP) is 2.34. The lowest BCUT2D eigenvalue weighted by atomic mass is 10.2. The number of nitrogens with zero attached hydrogens (tertiary/aromatic N) is 2. The summed E-state index contributed by atoms with van der Waals surface area (Å²) in [5, 5.41) is 5.90. The molecule has 1 aromatic rings. The number of benzene rings is 1. The molecular weight excluding hydrogens is 216 g/mol. The standard InChI is InChI=1S/C9H11BrN2/c1-12(2)11-7-8-5-3-4-6-9(8)10/h3-7H,1-2H3. The van der Waals surface area contributed by atoms with Crippen LogP contribution >= 0.6 is 15.9 Å². The van der Waals surface area contributed by atoms with Crippen LogP contribution in [0.15, 0.2) is 33.8 Å². The third-order valence-electron chi connectivity index (χ3n) is 1.33. The summed E-state index contributed by atoms with van der Waals surface area (Å²) >= 11 is 3.44. The molecule has 0 saturated heterocycles. The van der Waals surface area contributed by atoms with Gasteiger partial charge in [0, 0.05) is 24.1 Å². The van der Waals surface area contributed by atoms with Crippen molar-refractivity contribution in [3.63, 3.8) is 0 Å². The second kappa shape index (κ2) is 4.26. The summed E-state index contributed by atoms with van der Waals surface area (Å²) in [4.78, 5) is 0. The molecule has 0 aliphatic carbocycles. The van der Waals surface area contributed by atoms with Crippen LogP contribution in [0.5, 0.6) is 0 Å². The first-order chi connectivity index (χ1) is 5.70. The summed E-state index contributed by atoms with van der Waals surface area (Å²) in [6.45, 7) is 0. The SMILES string of the molecule is CN(C)N=Cc1ccccc1Br. The highest BCUT2D eigenvalue weighted by Gasteiger charge is 1.92. The van der Waals surface area contributed by atoms with Gasteiger partial charge in [0.15, 0.2) is 0 Å². The minimum Gasteiger partial charge on any atom is -0.303 e. The van der Waals surface area contributed by atoms with E-state index in [4.69, 9.17) is 0 Å². The maximum Gasteiger partial charge on any atom is 0.0554 e. The third-order valence-corrected chi connectivity index (χ3v) is 2.06. The highest BCUT2D eigenvalue weighted by molar-refractivity contribution is 9.10. The molecule has 0 spiro atoms. The van der Waals surface area contributed by atoms with Gasteiger partial charge in [-0.1, -0.05) is 34.1 Å². The highest BCUT2D eigenvalue weighted by atomic mass is 79.9. The van der Waals surface area contributed by atoms with Gasteiger partial charge < -0.3 is 5.01 Å². The lowest BCUT2D eigenvalue weighted by Crippen LogP contribution is -2.01. The molecule has 0 aliphatic rings. The molecule has 1 aromatic carbocycles. The number of halogens is 1. The maximum atomic E-state index is 4.13. The summed E-state index contributed by atoms with van der Waals surface area (Å²) in [5.74, 6) is 0. The molecule has 0 N–H and O–H groups in total. The maximum absolute atomic E-state index is 4.13. The second-order valence-corrected chi connectivity index (χ2v) is 3.47. The molecule has 0 heterocycles. The summed E-state index contributed by atoms with van der Waals surface area (Å²) < 4.78 is 1.07. The zero-order chi connectivity index (χ0) is 8.97. The largest absolute Gasteiger partial charge is 0.303 e. The van der Waals surface area contributed by atoms with E-state index in [9.17, 15) is 0 Å². The van der Waals surface area contributed by atoms with Crippen LogP contribution in [0.3, 0.4) is 0 Å². The van der Waals surface area contributed by atoms with Crippen molar-refractivity contribution in [2.75, 3.05) is 14.1 Å². The molecule has 0 aromatic heterocycles. The Morgan fingerprint density at radius 1 is 1.33 bits per heavy atom. The van der Waals surface area contributed by atoms with Crippen molar-refractivity contribution in [3.8, 4) is 0 Å². The molecule has 0 unspecified atom stereocenters. The fraction of sp³-hybridized carbons (Fsp3) is 0.222. The third kappa shape index (κ3) is 2.66. The monoisotopic (exact) mass is 226 g/mol. The number of hydrogen-bond donors (Lipinski definition) is 0. The molecule has 12 heavy (non-hydrogen) atoms. The van der Waals surface area contributed by atoms with Crippen LogP contribution in [-0.2, 0) is 0 Å². The fourth-order valence-corrected chi connectivity index (χ4v) is 1.14. The molecule has 0 aliphatic heterocycles. The van der Waals surface area contributed by atoms with E-state index in [0.29, 0.717) is 0 Å². The lowest BCUT2D eigenvalue weighted by molar-refractivity contribution is 0.440. The molecule has 0 fully saturated rings. The molecule has 2 nitrogen and oxygen atoms in total. The first-order valence-corrected chi connectivity index (χ1v) is 4.45. The Morgan fingerprint density at radius 2 is 2.00 bits per heavy atom. The van der Waals surface area contributed by atoms with Gasteiger partial charge in [-0.2, -0.15) is 5.10 Å². The van der Waals surface area contributed by atoms with Gasteiger partial charge in [0.05, 0.1) is 6.21 Å². The molecule has 1 rings (SSSR count). The van der Waals surface area contributed by atoms with Crippen molar-refractivity contribution in [2.24, 2.45) is 5.10 Å². The topological polar surface area (TPSA) is 15.6 Å². The molecule has 0 saturated carbocycles. The van der Waals surface area contributed by atoms with Gasteiger partial charge in [0.25, 0.3) is 0 Å². The minimum atomic E-state index is 1.07. The smallest absolute Gasteiger partial charge is 0.0554 e. The first kappa shape index (κ1) is 9.26. The van der Waals surface area contributed by atoms with Crippen molar-refractivity contribution in [3.05, 3.63) is 34.3 Å². The van der Waals surface area contributed by atoms with Gasteiger partial charge in [-0.25, -0.2) is 0 Å². The zero-order valence-corrected chi connectivity index (χ0v) is 8.75. The molecular formula is C9H11BrN2. The number of hydrazone groups is 1. The van der Waals surface area contributed by atoms with Gasteiger partial charge in [0.2, 0.25) is 0 Å². The molecule has 3 heteroatoms. The van der Waals surface area contributed by atoms with Gasteiger partial charge >= 0.3 is 0 Å². The van der Waals surface area contributed by atoms with Crippen LogP contribution < -0.4 is 0 Å². The van der Waals surface area contributed by atoms with E-state index >= 15 is 0 Å². The Balaban J connectivity index is 2.82. The van der Waals surface area contributed by atoms with E-state index in [2.05, 4.69) is 21.0 Å². The number of rotatable bonds is 2. The van der Waals surface area contributed by atoms with Gasteiger partial charge in [-0.05, 0) is 6.07 Å². The van der Waals surface area contributed by atoms with Crippen LogP contribution in [-0.4, -0.2) is 25.3 Å². The molecule has 0 amide bonds. The zero-order valence-electron chi connectivity index (χ0n) is 7.16. The van der Waals surface area contributed by atoms with Crippen molar-refractivity contribution >= 4 is 22.1 Å². The predicted molar refractivity (Wildman–Crippen MR) is 55.4 cm³/mol. The normalized spacial score (nSPS) is 10.6. The highest BCUT2D eigenvalue weighted by Crippen LogP contribution is 2.13. The van der Waals surface area contributed by atoms with E-state index in [1.165, 1.54) is 0 Å². The summed E-state index contributed by atoms with van der Waals surface area (Å²) in [6, 6.07) is 7.98. The van der Waals surface area contributed by atoms with Crippen LogP contribution in [0.4, 0.5) is 0 Å². The average molecular weight is 227 g/mol. The summed E-state index contributed by atoms with van der Waals surface area (Å²) in [7, 11) is 3.79. The van der Waals surface area contributed by atoms with Crippen LogP contribution in [0.25, 0.3) is 0 Å². The Morgan fingerprint density at radius 3 is 2.58 bits per heavy atom. The van der Waals surface area contributed by atoms with Crippen molar-refractivity contribution in [1.29, 1.82) is 0 Å². The summed E-state index contributed by atoms with van der Waals surface area (Å²) in [5.41, 5.74) is 1.09. The van der Waals surface area contributed by atoms with Crippen molar-refractivity contribution in [2.45, 2.75) is 0 Å². The molecule has 0 radical (unpaired) electrons. The average Bonchev–Trinajstić information content (AvgIpc) is 2.03. The molecule has 64 valence electrons. The van der Waals surface area contributed by atoms with Gasteiger partial charge in [-0.15, -0.1) is 0 Å². The lowest BCUT2D eigenvalue weighted by Gasteiger charge is -2.02. The molecule has 0 atom stereocenters. The molecule has 0 bridgehead atoms. The number of hydrogen-bond acceptors (Lipinski definition) is 2. The van der Waals surface area contributed by atoms with Crippen LogP contribution in [0.2, 0.25) is 0 Å². The fourth-order valence-electron chi connectivity index (χ4n) is 0.757. The Kier molecular flexibility index (Phi) is 3.29. The quantitative estimate of drug-likeness (QED) is 0.559. The van der Waals surface area contributed by atoms with Crippen molar-refractivity contribution in [1.82, 2.24) is 5.01 Å². The summed E-state index contributed by atoms with van der Waals surface area (Å²) in [6.07, 6.45) is 1.82. The van der Waals surface area contributed by atoms with Gasteiger partial charge in [-0.3, -0.25) is 0 Å². The Hall–Kier alpha value is -0.830. The minimum absolute atomic E-state index is 1.07. The van der Waals surface area contributed by atoms with E-state index in [1.54, 1.807) is 5.01 Å². The second-order valence-electron chi connectivity index (χ2n) is 2.61. The van der Waals surface area contributed by atoms with E-state index in [0.717, 1.165) is 10.0 Å². The van der Waals surface area contributed by atoms with Gasteiger partial charge in [0.1, 0.15) is 0 Å². The Labute approximate surface area is 81.0 Å². The van der Waals surface area contributed by atoms with Crippen LogP contribution in [0.1, 0.15) is 5.56 Å².